The highest BCUT2D eigenvalue weighted by molar-refractivity contribution is 5.60. The van der Waals surface area contributed by atoms with Gasteiger partial charge in [-0.25, -0.2) is 0 Å². The lowest BCUT2D eigenvalue weighted by Crippen LogP contribution is -2.07. The highest BCUT2D eigenvalue weighted by Gasteiger charge is 2.15. The smallest absolute Gasteiger partial charge is 0.0415 e. The number of hydrogen-bond acceptors (Lipinski definition) is 3. The molecule has 1 aromatic heterocycles. The Labute approximate surface area is 101 Å². The first-order chi connectivity index (χ1) is 8.31. The van der Waals surface area contributed by atoms with Crippen molar-refractivity contribution in [2.45, 2.75) is 13.1 Å². The molecule has 1 N–H and O–H groups in total. The van der Waals surface area contributed by atoms with Crippen molar-refractivity contribution in [1.82, 2.24) is 9.88 Å². The van der Waals surface area contributed by atoms with Crippen LogP contribution in [0.4, 0.5) is 11.4 Å². The van der Waals surface area contributed by atoms with Crippen molar-refractivity contribution in [2.24, 2.45) is 0 Å². The zero-order valence-electron chi connectivity index (χ0n) is 9.85. The molecule has 3 heteroatoms. The molecular weight excluding hydrogens is 210 g/mol. The normalized spacial score (nSPS) is 14.6. The average Bonchev–Trinajstić information content (AvgIpc) is 2.70. The molecule has 0 saturated carbocycles. The highest BCUT2D eigenvalue weighted by atomic mass is 15.1. The molecule has 3 rings (SSSR count). The number of rotatable bonds is 2. The number of nitrogens with one attached hydrogen (secondary N) is 1. The van der Waals surface area contributed by atoms with E-state index in [-0.39, 0.29) is 0 Å². The molecular formula is C14H15N3. The Bertz CT molecular complexity index is 522. The van der Waals surface area contributed by atoms with Gasteiger partial charge in [0.05, 0.1) is 0 Å². The van der Waals surface area contributed by atoms with E-state index in [1.165, 1.54) is 11.1 Å². The molecule has 0 fully saturated rings. The van der Waals surface area contributed by atoms with E-state index in [2.05, 4.69) is 40.4 Å². The van der Waals surface area contributed by atoms with Crippen molar-refractivity contribution >= 4 is 11.4 Å². The number of fused-ring (bicyclic) bond motifs is 1. The van der Waals surface area contributed by atoms with Gasteiger partial charge in [0.25, 0.3) is 0 Å². The molecule has 0 radical (unpaired) electrons. The molecule has 86 valence electrons. The van der Waals surface area contributed by atoms with E-state index in [1.54, 1.807) is 12.4 Å². The van der Waals surface area contributed by atoms with Crippen molar-refractivity contribution in [1.29, 1.82) is 0 Å². The van der Waals surface area contributed by atoms with E-state index < -0.39 is 0 Å². The predicted octanol–water partition coefficient (Wildman–Crippen LogP) is 2.77. The van der Waals surface area contributed by atoms with E-state index >= 15 is 0 Å². The Morgan fingerprint density at radius 2 is 1.76 bits per heavy atom. The van der Waals surface area contributed by atoms with Crippen molar-refractivity contribution in [2.75, 3.05) is 12.4 Å². The lowest BCUT2D eigenvalue weighted by Gasteiger charge is -2.07. The van der Waals surface area contributed by atoms with E-state index in [1.807, 2.05) is 12.1 Å². The van der Waals surface area contributed by atoms with Crippen LogP contribution in [0.25, 0.3) is 0 Å². The quantitative estimate of drug-likeness (QED) is 0.851. The second-order valence-electron chi connectivity index (χ2n) is 4.52. The van der Waals surface area contributed by atoms with Crippen molar-refractivity contribution in [3.8, 4) is 0 Å². The van der Waals surface area contributed by atoms with Gasteiger partial charge in [0.15, 0.2) is 0 Å². The fraction of sp³-hybridized carbons (Fsp3) is 0.214. The van der Waals surface area contributed by atoms with Gasteiger partial charge in [0.2, 0.25) is 0 Å². The van der Waals surface area contributed by atoms with Crippen molar-refractivity contribution in [3.05, 3.63) is 53.9 Å². The summed E-state index contributed by atoms with van der Waals surface area (Å²) in [5, 5.41) is 3.39. The minimum Gasteiger partial charge on any atom is -0.355 e. The monoisotopic (exact) mass is 225 g/mol. The topological polar surface area (TPSA) is 28.2 Å². The molecule has 1 aliphatic heterocycles. The zero-order chi connectivity index (χ0) is 11.7. The van der Waals surface area contributed by atoms with E-state index in [9.17, 15) is 0 Å². The zero-order valence-corrected chi connectivity index (χ0v) is 9.85. The fourth-order valence-electron chi connectivity index (χ4n) is 2.24. The Balaban J connectivity index is 1.84. The standard InChI is InChI=1S/C14H15N3/c1-17-9-11-2-3-14(8-12(11)10-17)16-13-4-6-15-7-5-13/h2-8H,9-10H2,1H3,(H,15,16). The van der Waals surface area contributed by atoms with Crippen LogP contribution in [0.3, 0.4) is 0 Å². The molecule has 0 spiro atoms. The van der Waals surface area contributed by atoms with Gasteiger partial charge < -0.3 is 5.32 Å². The third-order valence-corrected chi connectivity index (χ3v) is 3.06. The number of hydrogen-bond donors (Lipinski definition) is 1. The van der Waals surface area contributed by atoms with Gasteiger partial charge in [-0.15, -0.1) is 0 Å². The summed E-state index contributed by atoms with van der Waals surface area (Å²) in [6.07, 6.45) is 3.59. The SMILES string of the molecule is CN1Cc2ccc(Nc3ccncc3)cc2C1. The maximum absolute atomic E-state index is 4.01. The summed E-state index contributed by atoms with van der Waals surface area (Å²) in [7, 11) is 2.15. The van der Waals surface area contributed by atoms with Gasteiger partial charge in [0, 0.05) is 36.9 Å². The summed E-state index contributed by atoms with van der Waals surface area (Å²) in [5.74, 6) is 0. The Hall–Kier alpha value is -1.87. The number of benzene rings is 1. The third kappa shape index (κ3) is 2.15. The first-order valence-corrected chi connectivity index (χ1v) is 5.79. The lowest BCUT2D eigenvalue weighted by atomic mass is 10.1. The molecule has 0 aliphatic carbocycles. The summed E-state index contributed by atoms with van der Waals surface area (Å²) in [6.45, 7) is 2.10. The van der Waals surface area contributed by atoms with Gasteiger partial charge in [-0.2, -0.15) is 0 Å². The van der Waals surface area contributed by atoms with Crippen LogP contribution >= 0.6 is 0 Å². The Morgan fingerprint density at radius 3 is 2.59 bits per heavy atom. The van der Waals surface area contributed by atoms with Crippen LogP contribution in [-0.4, -0.2) is 16.9 Å². The molecule has 3 nitrogen and oxygen atoms in total. The van der Waals surface area contributed by atoms with Crippen LogP contribution in [0.15, 0.2) is 42.7 Å². The van der Waals surface area contributed by atoms with Crippen LogP contribution in [0.1, 0.15) is 11.1 Å². The highest BCUT2D eigenvalue weighted by Crippen LogP contribution is 2.25. The van der Waals surface area contributed by atoms with Crippen LogP contribution in [-0.2, 0) is 13.1 Å². The van der Waals surface area contributed by atoms with Crippen LogP contribution in [0.2, 0.25) is 0 Å². The summed E-state index contributed by atoms with van der Waals surface area (Å²) in [4.78, 5) is 6.33. The minimum absolute atomic E-state index is 1.04. The summed E-state index contributed by atoms with van der Waals surface area (Å²) in [6, 6.07) is 10.5. The summed E-state index contributed by atoms with van der Waals surface area (Å²) in [5.41, 5.74) is 5.08. The van der Waals surface area contributed by atoms with E-state index in [0.29, 0.717) is 0 Å². The number of pyridine rings is 1. The lowest BCUT2D eigenvalue weighted by molar-refractivity contribution is 0.353. The van der Waals surface area contributed by atoms with Crippen molar-refractivity contribution < 1.29 is 0 Å². The van der Waals surface area contributed by atoms with E-state index in [4.69, 9.17) is 0 Å². The summed E-state index contributed by atoms with van der Waals surface area (Å²) < 4.78 is 0. The number of nitrogens with zero attached hydrogens (tertiary/aromatic N) is 2. The average molecular weight is 225 g/mol. The Morgan fingerprint density at radius 1 is 1.00 bits per heavy atom. The minimum atomic E-state index is 1.04. The molecule has 1 aromatic carbocycles. The largest absolute Gasteiger partial charge is 0.355 e. The third-order valence-electron chi connectivity index (χ3n) is 3.06. The van der Waals surface area contributed by atoms with Crippen LogP contribution in [0, 0.1) is 0 Å². The van der Waals surface area contributed by atoms with Crippen LogP contribution < -0.4 is 5.32 Å². The maximum Gasteiger partial charge on any atom is 0.0415 e. The number of anilines is 2. The molecule has 0 amide bonds. The first kappa shape index (κ1) is 10.3. The van der Waals surface area contributed by atoms with Gasteiger partial charge in [-0.3, -0.25) is 9.88 Å². The molecule has 17 heavy (non-hydrogen) atoms. The van der Waals surface area contributed by atoms with Gasteiger partial charge >= 0.3 is 0 Å². The molecule has 2 aromatic rings. The molecule has 0 saturated heterocycles. The second kappa shape index (κ2) is 4.18. The number of aromatic nitrogens is 1. The summed E-state index contributed by atoms with van der Waals surface area (Å²) >= 11 is 0. The van der Waals surface area contributed by atoms with Crippen molar-refractivity contribution in [3.63, 3.8) is 0 Å². The molecule has 0 unspecified atom stereocenters. The molecule has 0 bridgehead atoms. The predicted molar refractivity (Wildman–Crippen MR) is 69.1 cm³/mol. The molecule has 0 atom stereocenters. The molecule has 2 heterocycles. The van der Waals surface area contributed by atoms with Gasteiger partial charge in [-0.05, 0) is 42.4 Å². The fourth-order valence-corrected chi connectivity index (χ4v) is 2.24. The maximum atomic E-state index is 4.01. The van der Waals surface area contributed by atoms with Gasteiger partial charge in [-0.1, -0.05) is 6.07 Å². The second-order valence-corrected chi connectivity index (χ2v) is 4.52. The van der Waals surface area contributed by atoms with Gasteiger partial charge in [0.1, 0.15) is 0 Å². The van der Waals surface area contributed by atoms with Crippen LogP contribution in [0.5, 0.6) is 0 Å². The Kier molecular flexibility index (Phi) is 2.53. The van der Waals surface area contributed by atoms with E-state index in [0.717, 1.165) is 24.5 Å². The molecule has 1 aliphatic rings. The first-order valence-electron chi connectivity index (χ1n) is 5.79.